The molecule has 1 saturated heterocycles. The van der Waals surface area contributed by atoms with E-state index in [4.69, 9.17) is 5.73 Å². The average Bonchev–Trinajstić information content (AvgIpc) is 2.49. The topological polar surface area (TPSA) is 45.4 Å². The highest BCUT2D eigenvalue weighted by atomic mass is 19.1. The van der Waals surface area contributed by atoms with Gasteiger partial charge in [0, 0.05) is 44.6 Å². The van der Waals surface area contributed by atoms with Gasteiger partial charge in [-0.2, -0.15) is 0 Å². The molecule has 0 bridgehead atoms. The van der Waals surface area contributed by atoms with E-state index in [0.29, 0.717) is 5.69 Å². The van der Waals surface area contributed by atoms with Crippen molar-refractivity contribution in [2.24, 2.45) is 0 Å². The number of halogens is 1. The van der Waals surface area contributed by atoms with Crippen molar-refractivity contribution in [3.8, 4) is 0 Å². The number of nitrogen functional groups attached to an aromatic ring is 1. The molecule has 0 radical (unpaired) electrons. The summed E-state index contributed by atoms with van der Waals surface area (Å²) < 4.78 is 13.8. The highest BCUT2D eigenvalue weighted by Crippen LogP contribution is 2.20. The number of aromatic nitrogens is 1. The number of para-hydroxylation sites is 1. The monoisotopic (exact) mass is 286 g/mol. The van der Waals surface area contributed by atoms with Gasteiger partial charge >= 0.3 is 0 Å². The Hall–Kier alpha value is -2.14. The lowest BCUT2D eigenvalue weighted by molar-refractivity contribution is 0.246. The van der Waals surface area contributed by atoms with Crippen molar-refractivity contribution in [1.82, 2.24) is 9.88 Å². The molecule has 0 aliphatic carbocycles. The van der Waals surface area contributed by atoms with E-state index >= 15 is 0 Å². The summed E-state index contributed by atoms with van der Waals surface area (Å²) in [6.45, 7) is 4.22. The van der Waals surface area contributed by atoms with Gasteiger partial charge in [-0.3, -0.25) is 9.88 Å². The van der Waals surface area contributed by atoms with E-state index in [-0.39, 0.29) is 5.82 Å². The summed E-state index contributed by atoms with van der Waals surface area (Å²) in [6, 6.07) is 10.6. The van der Waals surface area contributed by atoms with Crippen molar-refractivity contribution in [2.75, 3.05) is 36.8 Å². The summed E-state index contributed by atoms with van der Waals surface area (Å²) in [5.41, 5.74) is 8.19. The molecule has 110 valence electrons. The summed E-state index contributed by atoms with van der Waals surface area (Å²) in [4.78, 5) is 8.74. The van der Waals surface area contributed by atoms with Gasteiger partial charge in [0.05, 0.1) is 11.4 Å². The van der Waals surface area contributed by atoms with Crippen LogP contribution in [0.2, 0.25) is 0 Å². The predicted octanol–water partition coefficient (Wildman–Crippen LogP) is 2.13. The van der Waals surface area contributed by atoms with Crippen LogP contribution in [-0.4, -0.2) is 36.1 Å². The van der Waals surface area contributed by atoms with Crippen molar-refractivity contribution in [2.45, 2.75) is 6.54 Å². The second-order valence-corrected chi connectivity index (χ2v) is 5.30. The standard InChI is InChI=1S/C16H19FN4/c17-15-3-1-2-4-16(15)21-9-7-20(8-10-21)12-14-11-13(18)5-6-19-14/h1-6,11H,7-10,12H2,(H2,18,19). The number of pyridine rings is 1. The smallest absolute Gasteiger partial charge is 0.146 e. The quantitative estimate of drug-likeness (QED) is 0.939. The fraction of sp³-hybridized carbons (Fsp3) is 0.312. The molecule has 2 heterocycles. The Labute approximate surface area is 124 Å². The molecule has 1 aliphatic heterocycles. The number of hydrogen-bond donors (Lipinski definition) is 1. The molecular weight excluding hydrogens is 267 g/mol. The molecule has 1 fully saturated rings. The molecule has 1 aliphatic rings. The van der Waals surface area contributed by atoms with Crippen LogP contribution in [0, 0.1) is 5.82 Å². The first-order valence-electron chi connectivity index (χ1n) is 7.14. The molecule has 2 aromatic rings. The van der Waals surface area contributed by atoms with Crippen molar-refractivity contribution in [1.29, 1.82) is 0 Å². The van der Waals surface area contributed by atoms with Crippen LogP contribution >= 0.6 is 0 Å². The number of anilines is 2. The van der Waals surface area contributed by atoms with Crippen LogP contribution < -0.4 is 10.6 Å². The minimum Gasteiger partial charge on any atom is -0.399 e. The van der Waals surface area contributed by atoms with Gasteiger partial charge < -0.3 is 10.6 Å². The van der Waals surface area contributed by atoms with Crippen LogP contribution in [-0.2, 0) is 6.54 Å². The largest absolute Gasteiger partial charge is 0.399 e. The number of rotatable bonds is 3. The molecule has 2 N–H and O–H groups in total. The molecule has 0 unspecified atom stereocenters. The summed E-state index contributed by atoms with van der Waals surface area (Å²) >= 11 is 0. The van der Waals surface area contributed by atoms with E-state index < -0.39 is 0 Å². The Kier molecular flexibility index (Phi) is 4.01. The van der Waals surface area contributed by atoms with E-state index in [1.807, 2.05) is 18.2 Å². The lowest BCUT2D eigenvalue weighted by atomic mass is 10.2. The molecule has 0 spiro atoms. The van der Waals surface area contributed by atoms with Gasteiger partial charge in [0.1, 0.15) is 5.82 Å². The highest BCUT2D eigenvalue weighted by molar-refractivity contribution is 5.48. The number of hydrogen-bond acceptors (Lipinski definition) is 4. The Morgan fingerprint density at radius 3 is 2.57 bits per heavy atom. The van der Waals surface area contributed by atoms with Gasteiger partial charge in [0.25, 0.3) is 0 Å². The summed E-state index contributed by atoms with van der Waals surface area (Å²) in [5.74, 6) is -0.150. The highest BCUT2D eigenvalue weighted by Gasteiger charge is 2.19. The summed E-state index contributed by atoms with van der Waals surface area (Å²) in [7, 11) is 0. The second-order valence-electron chi connectivity index (χ2n) is 5.30. The van der Waals surface area contributed by atoms with Crippen LogP contribution in [0.15, 0.2) is 42.6 Å². The third-order valence-electron chi connectivity index (χ3n) is 3.79. The van der Waals surface area contributed by atoms with Crippen molar-refractivity contribution in [3.05, 3.63) is 54.1 Å². The summed E-state index contributed by atoms with van der Waals surface area (Å²) in [5, 5.41) is 0. The number of benzene rings is 1. The molecule has 0 amide bonds. The Bertz CT molecular complexity index is 609. The maximum absolute atomic E-state index is 13.8. The Morgan fingerprint density at radius 1 is 1.10 bits per heavy atom. The Morgan fingerprint density at radius 2 is 1.86 bits per heavy atom. The van der Waals surface area contributed by atoms with Gasteiger partial charge in [0.2, 0.25) is 0 Å². The number of piperazine rings is 1. The average molecular weight is 286 g/mol. The minimum absolute atomic E-state index is 0.150. The van der Waals surface area contributed by atoms with Crippen LogP contribution in [0.4, 0.5) is 15.8 Å². The summed E-state index contributed by atoms with van der Waals surface area (Å²) in [6.07, 6.45) is 1.74. The lowest BCUT2D eigenvalue weighted by Gasteiger charge is -2.36. The van der Waals surface area contributed by atoms with Crippen LogP contribution in [0.5, 0.6) is 0 Å². The first-order valence-corrected chi connectivity index (χ1v) is 7.14. The van der Waals surface area contributed by atoms with Gasteiger partial charge in [-0.25, -0.2) is 4.39 Å². The fourth-order valence-electron chi connectivity index (χ4n) is 2.67. The van der Waals surface area contributed by atoms with Gasteiger partial charge in [-0.1, -0.05) is 12.1 Å². The second kappa shape index (κ2) is 6.10. The van der Waals surface area contributed by atoms with Crippen LogP contribution in [0.25, 0.3) is 0 Å². The van der Waals surface area contributed by atoms with Crippen molar-refractivity contribution in [3.63, 3.8) is 0 Å². The van der Waals surface area contributed by atoms with E-state index in [2.05, 4.69) is 14.8 Å². The maximum Gasteiger partial charge on any atom is 0.146 e. The first kappa shape index (κ1) is 13.8. The maximum atomic E-state index is 13.8. The van der Waals surface area contributed by atoms with Gasteiger partial charge in [-0.05, 0) is 24.3 Å². The van der Waals surface area contributed by atoms with Crippen molar-refractivity contribution < 1.29 is 4.39 Å². The third-order valence-corrected chi connectivity index (χ3v) is 3.79. The zero-order valence-electron chi connectivity index (χ0n) is 11.9. The Balaban J connectivity index is 1.59. The minimum atomic E-state index is -0.150. The van der Waals surface area contributed by atoms with Crippen molar-refractivity contribution >= 4 is 11.4 Å². The fourth-order valence-corrected chi connectivity index (χ4v) is 2.67. The first-order chi connectivity index (χ1) is 10.2. The molecular formula is C16H19FN4. The zero-order chi connectivity index (χ0) is 14.7. The number of nitrogens with two attached hydrogens (primary N) is 1. The lowest BCUT2D eigenvalue weighted by Crippen LogP contribution is -2.46. The molecule has 1 aromatic heterocycles. The van der Waals surface area contributed by atoms with Crippen LogP contribution in [0.1, 0.15) is 5.69 Å². The number of nitrogens with zero attached hydrogens (tertiary/aromatic N) is 3. The molecule has 0 saturated carbocycles. The molecule has 4 nitrogen and oxygen atoms in total. The molecule has 0 atom stereocenters. The predicted molar refractivity (Wildman–Crippen MR) is 82.5 cm³/mol. The van der Waals surface area contributed by atoms with E-state index in [9.17, 15) is 4.39 Å². The van der Waals surface area contributed by atoms with Gasteiger partial charge in [0.15, 0.2) is 0 Å². The van der Waals surface area contributed by atoms with E-state index in [0.717, 1.165) is 44.1 Å². The third kappa shape index (κ3) is 3.31. The molecule has 3 rings (SSSR count). The zero-order valence-corrected chi connectivity index (χ0v) is 11.9. The van der Waals surface area contributed by atoms with Crippen LogP contribution in [0.3, 0.4) is 0 Å². The van der Waals surface area contributed by atoms with E-state index in [1.54, 1.807) is 18.3 Å². The molecule has 21 heavy (non-hydrogen) atoms. The van der Waals surface area contributed by atoms with Gasteiger partial charge in [-0.15, -0.1) is 0 Å². The SMILES string of the molecule is Nc1ccnc(CN2CCN(c3ccccc3F)CC2)c1. The molecule has 1 aromatic carbocycles. The molecule has 5 heteroatoms. The van der Waals surface area contributed by atoms with E-state index in [1.165, 1.54) is 6.07 Å². The normalized spacial score (nSPS) is 16.1.